The third kappa shape index (κ3) is 7.08. The van der Waals surface area contributed by atoms with Crippen LogP contribution >= 0.6 is 35.3 Å². The highest BCUT2D eigenvalue weighted by atomic mass is 127. The van der Waals surface area contributed by atoms with Gasteiger partial charge in [0.15, 0.2) is 5.96 Å². The zero-order valence-corrected chi connectivity index (χ0v) is 18.8. The van der Waals surface area contributed by atoms with Crippen molar-refractivity contribution in [3.63, 3.8) is 0 Å². The number of benzene rings is 1. The SMILES string of the molecule is CN=C(NCc1ccc(C)cc1OCCOC)NCc1scnc1C.I. The molecule has 0 radical (unpaired) electrons. The number of guanidine groups is 1. The van der Waals surface area contributed by atoms with Crippen LogP contribution in [0, 0.1) is 13.8 Å². The molecule has 1 aromatic heterocycles. The Kier molecular flexibility index (Phi) is 10.5. The van der Waals surface area contributed by atoms with Gasteiger partial charge in [-0.25, -0.2) is 4.98 Å². The molecule has 26 heavy (non-hydrogen) atoms. The average molecular weight is 490 g/mol. The molecule has 6 nitrogen and oxygen atoms in total. The Balaban J connectivity index is 0.00000338. The van der Waals surface area contributed by atoms with Crippen molar-refractivity contribution in [1.29, 1.82) is 0 Å². The molecule has 0 aliphatic carbocycles. The maximum absolute atomic E-state index is 5.83. The molecular formula is C18H27IN4O2S. The van der Waals surface area contributed by atoms with Gasteiger partial charge in [-0.2, -0.15) is 0 Å². The Bertz CT molecular complexity index is 706. The van der Waals surface area contributed by atoms with Crippen LogP contribution in [0.3, 0.4) is 0 Å². The van der Waals surface area contributed by atoms with Gasteiger partial charge in [0, 0.05) is 31.1 Å². The van der Waals surface area contributed by atoms with Gasteiger partial charge in [-0.05, 0) is 25.5 Å². The highest BCUT2D eigenvalue weighted by Crippen LogP contribution is 2.20. The average Bonchev–Trinajstić information content (AvgIpc) is 3.02. The number of aromatic nitrogens is 1. The highest BCUT2D eigenvalue weighted by molar-refractivity contribution is 14.0. The molecule has 1 heterocycles. The molecule has 144 valence electrons. The first-order valence-electron chi connectivity index (χ1n) is 8.18. The van der Waals surface area contributed by atoms with Gasteiger partial charge in [-0.15, -0.1) is 35.3 Å². The maximum atomic E-state index is 5.83. The van der Waals surface area contributed by atoms with Gasteiger partial charge < -0.3 is 20.1 Å². The first-order chi connectivity index (χ1) is 12.1. The monoisotopic (exact) mass is 490 g/mol. The number of halogens is 1. The first-order valence-corrected chi connectivity index (χ1v) is 9.06. The highest BCUT2D eigenvalue weighted by Gasteiger charge is 2.07. The second kappa shape index (κ2) is 12.1. The number of aliphatic imine (C=N–C) groups is 1. The molecule has 2 aromatic rings. The van der Waals surface area contributed by atoms with E-state index in [0.717, 1.165) is 23.0 Å². The summed E-state index contributed by atoms with van der Waals surface area (Å²) >= 11 is 1.64. The van der Waals surface area contributed by atoms with E-state index in [0.29, 0.717) is 26.3 Å². The van der Waals surface area contributed by atoms with Crippen molar-refractivity contribution in [1.82, 2.24) is 15.6 Å². The van der Waals surface area contributed by atoms with Gasteiger partial charge in [0.2, 0.25) is 0 Å². The maximum Gasteiger partial charge on any atom is 0.191 e. The minimum absolute atomic E-state index is 0. The van der Waals surface area contributed by atoms with Crippen LogP contribution in [0.5, 0.6) is 5.75 Å². The molecule has 0 fully saturated rings. The quantitative estimate of drug-likeness (QED) is 0.257. The van der Waals surface area contributed by atoms with Crippen LogP contribution in [0.4, 0.5) is 0 Å². The summed E-state index contributed by atoms with van der Waals surface area (Å²) in [5.74, 6) is 1.62. The third-order valence-electron chi connectivity index (χ3n) is 3.70. The van der Waals surface area contributed by atoms with Crippen LogP contribution in [-0.2, 0) is 17.8 Å². The van der Waals surface area contributed by atoms with E-state index >= 15 is 0 Å². The lowest BCUT2D eigenvalue weighted by atomic mass is 10.1. The Labute approximate surface area is 176 Å². The van der Waals surface area contributed by atoms with Crippen molar-refractivity contribution in [3.8, 4) is 5.75 Å². The molecule has 0 saturated heterocycles. The molecular weight excluding hydrogens is 463 g/mol. The number of methoxy groups -OCH3 is 1. The Morgan fingerprint density at radius 2 is 1.96 bits per heavy atom. The molecule has 0 aliphatic heterocycles. The number of hydrogen-bond donors (Lipinski definition) is 2. The van der Waals surface area contributed by atoms with E-state index in [1.54, 1.807) is 25.5 Å². The van der Waals surface area contributed by atoms with Crippen molar-refractivity contribution in [2.24, 2.45) is 4.99 Å². The second-order valence-corrected chi connectivity index (χ2v) is 6.53. The fourth-order valence-electron chi connectivity index (χ4n) is 2.24. The minimum atomic E-state index is 0. The lowest BCUT2D eigenvalue weighted by Crippen LogP contribution is -2.36. The van der Waals surface area contributed by atoms with Crippen molar-refractivity contribution < 1.29 is 9.47 Å². The summed E-state index contributed by atoms with van der Waals surface area (Å²) in [6, 6.07) is 6.20. The van der Waals surface area contributed by atoms with Crippen LogP contribution in [0.15, 0.2) is 28.7 Å². The van der Waals surface area contributed by atoms with E-state index in [4.69, 9.17) is 9.47 Å². The smallest absolute Gasteiger partial charge is 0.191 e. The standard InChI is InChI=1S/C18H26N4O2S.HI/c1-13-5-6-15(16(9-13)24-8-7-23-4)10-20-18(19-3)21-11-17-14(2)22-12-25-17;/h5-6,9,12H,7-8,10-11H2,1-4H3,(H2,19,20,21);1H. The third-order valence-corrected chi connectivity index (χ3v) is 4.63. The second-order valence-electron chi connectivity index (χ2n) is 5.59. The Morgan fingerprint density at radius 1 is 1.19 bits per heavy atom. The van der Waals surface area contributed by atoms with E-state index in [1.165, 1.54) is 10.4 Å². The van der Waals surface area contributed by atoms with Crippen LogP contribution in [0.2, 0.25) is 0 Å². The molecule has 8 heteroatoms. The fourth-order valence-corrected chi connectivity index (χ4v) is 2.95. The van der Waals surface area contributed by atoms with Crippen LogP contribution in [-0.4, -0.2) is 38.3 Å². The van der Waals surface area contributed by atoms with E-state index in [-0.39, 0.29) is 24.0 Å². The lowest BCUT2D eigenvalue weighted by molar-refractivity contribution is 0.145. The molecule has 0 saturated carbocycles. The van der Waals surface area contributed by atoms with E-state index in [9.17, 15) is 0 Å². The summed E-state index contributed by atoms with van der Waals surface area (Å²) in [5, 5.41) is 6.64. The number of nitrogens with zero attached hydrogens (tertiary/aromatic N) is 2. The molecule has 0 aliphatic rings. The van der Waals surface area contributed by atoms with Crippen molar-refractivity contribution in [2.45, 2.75) is 26.9 Å². The van der Waals surface area contributed by atoms with Gasteiger partial charge >= 0.3 is 0 Å². The number of rotatable bonds is 8. The normalized spacial score (nSPS) is 11.0. The number of hydrogen-bond acceptors (Lipinski definition) is 5. The summed E-state index contributed by atoms with van der Waals surface area (Å²) in [7, 11) is 3.43. The minimum Gasteiger partial charge on any atom is -0.491 e. The first kappa shape index (κ1) is 22.7. The van der Waals surface area contributed by atoms with Crippen molar-refractivity contribution in [2.75, 3.05) is 27.4 Å². The van der Waals surface area contributed by atoms with Gasteiger partial charge in [0.1, 0.15) is 12.4 Å². The summed E-state index contributed by atoms with van der Waals surface area (Å²) < 4.78 is 10.9. The summed E-state index contributed by atoms with van der Waals surface area (Å²) in [6.07, 6.45) is 0. The Morgan fingerprint density at radius 3 is 2.62 bits per heavy atom. The number of ether oxygens (including phenoxy) is 2. The molecule has 0 spiro atoms. The zero-order valence-electron chi connectivity index (χ0n) is 15.7. The lowest BCUT2D eigenvalue weighted by Gasteiger charge is -2.15. The predicted octanol–water partition coefficient (Wildman–Crippen LogP) is 3.27. The van der Waals surface area contributed by atoms with Crippen molar-refractivity contribution >= 4 is 41.3 Å². The fraction of sp³-hybridized carbons (Fsp3) is 0.444. The summed E-state index contributed by atoms with van der Waals surface area (Å²) in [6.45, 7) is 6.51. The Hall–Kier alpha value is -1.39. The van der Waals surface area contributed by atoms with Crippen LogP contribution in [0.1, 0.15) is 21.7 Å². The van der Waals surface area contributed by atoms with E-state index in [2.05, 4.69) is 39.7 Å². The molecule has 0 amide bonds. The summed E-state index contributed by atoms with van der Waals surface area (Å²) in [5.41, 5.74) is 5.16. The van der Waals surface area contributed by atoms with Crippen molar-refractivity contribution in [3.05, 3.63) is 45.4 Å². The topological polar surface area (TPSA) is 67.8 Å². The van der Waals surface area contributed by atoms with Gasteiger partial charge in [0.25, 0.3) is 0 Å². The van der Waals surface area contributed by atoms with Crippen LogP contribution in [0.25, 0.3) is 0 Å². The molecule has 2 N–H and O–H groups in total. The van der Waals surface area contributed by atoms with Gasteiger partial charge in [-0.3, -0.25) is 4.99 Å². The zero-order chi connectivity index (χ0) is 18.1. The molecule has 0 bridgehead atoms. The van der Waals surface area contributed by atoms with E-state index < -0.39 is 0 Å². The molecule has 1 aromatic carbocycles. The number of nitrogens with one attached hydrogen (secondary N) is 2. The van der Waals surface area contributed by atoms with Gasteiger partial charge in [0.05, 0.1) is 24.4 Å². The molecule has 2 rings (SSSR count). The largest absolute Gasteiger partial charge is 0.491 e. The molecule has 0 unspecified atom stereocenters. The predicted molar refractivity (Wildman–Crippen MR) is 118 cm³/mol. The summed E-state index contributed by atoms with van der Waals surface area (Å²) in [4.78, 5) is 9.74. The van der Waals surface area contributed by atoms with E-state index in [1.807, 2.05) is 18.5 Å². The number of aryl methyl sites for hydroxylation is 2. The van der Waals surface area contributed by atoms with Gasteiger partial charge in [-0.1, -0.05) is 12.1 Å². The number of thiazole rings is 1. The molecule has 0 atom stereocenters. The van der Waals surface area contributed by atoms with Crippen LogP contribution < -0.4 is 15.4 Å².